The van der Waals surface area contributed by atoms with Gasteiger partial charge in [0, 0.05) is 0 Å². The van der Waals surface area contributed by atoms with Crippen molar-refractivity contribution in [1.82, 2.24) is 0 Å². The lowest BCUT2D eigenvalue weighted by Gasteiger charge is -1.97. The van der Waals surface area contributed by atoms with Crippen LogP contribution in [-0.2, 0) is 10.0 Å². The zero-order valence-electron chi connectivity index (χ0n) is 4.55. The Morgan fingerprint density at radius 2 is 1.89 bits per heavy atom. The van der Waals surface area contributed by atoms with Crippen molar-refractivity contribution in [1.29, 1.82) is 0 Å². The molecular weight excluding hydrogens is 274 g/mol. The zero-order chi connectivity index (χ0) is 7.49. The van der Waals surface area contributed by atoms with Gasteiger partial charge in [0.15, 0.2) is 0 Å². The second-order valence-electron chi connectivity index (χ2n) is 1.55. The SMILES string of the molecule is NS(=O)(=O)CCC(Br)Br. The van der Waals surface area contributed by atoms with Crippen molar-refractivity contribution < 1.29 is 8.42 Å². The van der Waals surface area contributed by atoms with E-state index in [0.29, 0.717) is 6.42 Å². The van der Waals surface area contributed by atoms with Crippen LogP contribution in [0.2, 0.25) is 0 Å². The summed E-state index contributed by atoms with van der Waals surface area (Å²) in [6.45, 7) is 0. The van der Waals surface area contributed by atoms with Gasteiger partial charge in [-0.05, 0) is 6.42 Å². The summed E-state index contributed by atoms with van der Waals surface area (Å²) in [5, 5.41) is 4.71. The van der Waals surface area contributed by atoms with Crippen LogP contribution in [0, 0.1) is 0 Å². The average Bonchev–Trinajstić information content (AvgIpc) is 1.59. The fourth-order valence-electron chi connectivity index (χ4n) is 0.253. The Bertz CT molecular complexity index is 165. The number of nitrogens with two attached hydrogens (primary N) is 1. The molecule has 0 aliphatic rings. The highest BCUT2D eigenvalue weighted by Crippen LogP contribution is 2.12. The van der Waals surface area contributed by atoms with Crippen molar-refractivity contribution >= 4 is 41.9 Å². The van der Waals surface area contributed by atoms with Gasteiger partial charge < -0.3 is 0 Å². The first-order valence-electron chi connectivity index (χ1n) is 2.20. The van der Waals surface area contributed by atoms with Gasteiger partial charge in [0.2, 0.25) is 10.0 Å². The summed E-state index contributed by atoms with van der Waals surface area (Å²) < 4.78 is 20.6. The van der Waals surface area contributed by atoms with Crippen molar-refractivity contribution in [3.05, 3.63) is 0 Å². The second kappa shape index (κ2) is 3.90. The van der Waals surface area contributed by atoms with E-state index in [-0.39, 0.29) is 9.49 Å². The standard InChI is InChI=1S/C3H7Br2NO2S/c4-3(5)1-2-9(6,7)8/h3H,1-2H2,(H2,6,7,8). The van der Waals surface area contributed by atoms with Gasteiger partial charge >= 0.3 is 0 Å². The molecule has 0 saturated heterocycles. The van der Waals surface area contributed by atoms with Gasteiger partial charge in [-0.2, -0.15) is 0 Å². The average molecular weight is 281 g/mol. The van der Waals surface area contributed by atoms with Gasteiger partial charge in [-0.3, -0.25) is 0 Å². The number of rotatable bonds is 3. The minimum Gasteiger partial charge on any atom is -0.229 e. The summed E-state index contributed by atoms with van der Waals surface area (Å²) in [7, 11) is -3.28. The molecule has 0 aliphatic heterocycles. The first-order chi connectivity index (χ1) is 3.92. The van der Waals surface area contributed by atoms with Crippen molar-refractivity contribution in [3.8, 4) is 0 Å². The van der Waals surface area contributed by atoms with Gasteiger partial charge in [-0.25, -0.2) is 13.6 Å². The Kier molecular flexibility index (Phi) is 4.28. The maximum Gasteiger partial charge on any atom is 0.209 e. The molecule has 6 heteroatoms. The van der Waals surface area contributed by atoms with E-state index >= 15 is 0 Å². The molecule has 0 atom stereocenters. The second-order valence-corrected chi connectivity index (χ2v) is 6.72. The molecule has 0 heterocycles. The molecule has 0 spiro atoms. The first-order valence-corrected chi connectivity index (χ1v) is 5.75. The van der Waals surface area contributed by atoms with Gasteiger partial charge in [-0.1, -0.05) is 31.9 Å². The molecule has 2 N–H and O–H groups in total. The molecule has 0 fully saturated rings. The van der Waals surface area contributed by atoms with E-state index in [1.54, 1.807) is 0 Å². The Balaban J connectivity index is 3.53. The number of primary sulfonamides is 1. The Morgan fingerprint density at radius 3 is 2.00 bits per heavy atom. The molecule has 0 saturated carbocycles. The number of hydrogen-bond acceptors (Lipinski definition) is 2. The molecule has 0 aromatic heterocycles. The van der Waals surface area contributed by atoms with Crippen molar-refractivity contribution in [2.75, 3.05) is 5.75 Å². The lowest BCUT2D eigenvalue weighted by molar-refractivity contribution is 0.596. The Hall–Kier alpha value is 0.870. The molecule has 9 heavy (non-hydrogen) atoms. The van der Waals surface area contributed by atoms with Crippen LogP contribution in [0.1, 0.15) is 6.42 Å². The van der Waals surface area contributed by atoms with Gasteiger partial charge in [-0.15, -0.1) is 0 Å². The van der Waals surface area contributed by atoms with Crippen LogP contribution in [-0.4, -0.2) is 17.9 Å². The summed E-state index contributed by atoms with van der Waals surface area (Å²) in [4.78, 5) is 0. The molecule has 0 rings (SSSR count). The van der Waals surface area contributed by atoms with Crippen molar-refractivity contribution in [2.24, 2.45) is 5.14 Å². The molecule has 0 bridgehead atoms. The topological polar surface area (TPSA) is 60.2 Å². The van der Waals surface area contributed by atoms with Gasteiger partial charge in [0.05, 0.1) is 9.49 Å². The molecule has 3 nitrogen and oxygen atoms in total. The monoisotopic (exact) mass is 279 g/mol. The van der Waals surface area contributed by atoms with Crippen LogP contribution in [0.25, 0.3) is 0 Å². The molecule has 0 aromatic rings. The lowest BCUT2D eigenvalue weighted by Crippen LogP contribution is -2.17. The maximum absolute atomic E-state index is 10.3. The normalized spacial score (nSPS) is 12.4. The van der Waals surface area contributed by atoms with Gasteiger partial charge in [0.1, 0.15) is 0 Å². The molecular formula is C3H7Br2NO2S. The van der Waals surface area contributed by atoms with Crippen molar-refractivity contribution in [3.63, 3.8) is 0 Å². The van der Waals surface area contributed by atoms with E-state index in [1.807, 2.05) is 0 Å². The van der Waals surface area contributed by atoms with E-state index in [0.717, 1.165) is 0 Å². The van der Waals surface area contributed by atoms with Crippen LogP contribution < -0.4 is 5.14 Å². The highest BCUT2D eigenvalue weighted by molar-refractivity contribution is 9.24. The Morgan fingerprint density at radius 1 is 1.44 bits per heavy atom. The summed E-state index contributed by atoms with van der Waals surface area (Å²) in [5.41, 5.74) is 0. The van der Waals surface area contributed by atoms with E-state index in [9.17, 15) is 8.42 Å². The molecule has 0 radical (unpaired) electrons. The smallest absolute Gasteiger partial charge is 0.209 e. The first kappa shape index (κ1) is 9.87. The van der Waals surface area contributed by atoms with Crippen molar-refractivity contribution in [2.45, 2.75) is 10.2 Å². The highest BCUT2D eigenvalue weighted by Gasteiger charge is 2.05. The molecule has 0 aliphatic carbocycles. The van der Waals surface area contributed by atoms with Crippen LogP contribution in [0.4, 0.5) is 0 Å². The quantitative estimate of drug-likeness (QED) is 0.777. The molecule has 0 amide bonds. The number of hydrogen-bond donors (Lipinski definition) is 1. The summed E-state index contributed by atoms with van der Waals surface area (Å²) in [5.74, 6) is 0.00810. The summed E-state index contributed by atoms with van der Waals surface area (Å²) in [6.07, 6.45) is 0.485. The van der Waals surface area contributed by atoms with Crippen LogP contribution >= 0.6 is 31.9 Å². The van der Waals surface area contributed by atoms with E-state index < -0.39 is 10.0 Å². The number of alkyl halides is 2. The van der Waals surface area contributed by atoms with E-state index in [4.69, 9.17) is 5.14 Å². The van der Waals surface area contributed by atoms with Crippen LogP contribution in [0.3, 0.4) is 0 Å². The van der Waals surface area contributed by atoms with Crippen LogP contribution in [0.15, 0.2) is 0 Å². The number of halogens is 2. The third-order valence-corrected chi connectivity index (χ3v) is 2.34. The summed E-state index contributed by atoms with van der Waals surface area (Å²) >= 11 is 6.25. The van der Waals surface area contributed by atoms with Crippen LogP contribution in [0.5, 0.6) is 0 Å². The fraction of sp³-hybridized carbons (Fsp3) is 1.00. The largest absolute Gasteiger partial charge is 0.229 e. The van der Waals surface area contributed by atoms with E-state index in [1.165, 1.54) is 0 Å². The molecule has 0 aromatic carbocycles. The van der Waals surface area contributed by atoms with Gasteiger partial charge in [0.25, 0.3) is 0 Å². The lowest BCUT2D eigenvalue weighted by atomic mass is 10.6. The Labute approximate surface area is 71.3 Å². The third kappa shape index (κ3) is 8.87. The molecule has 0 unspecified atom stereocenters. The third-order valence-electron chi connectivity index (χ3n) is 0.621. The summed E-state index contributed by atoms with van der Waals surface area (Å²) in [6, 6.07) is 0. The molecule has 56 valence electrons. The predicted molar refractivity (Wildman–Crippen MR) is 44.2 cm³/mol. The number of sulfonamides is 1. The maximum atomic E-state index is 10.3. The van der Waals surface area contributed by atoms with E-state index in [2.05, 4.69) is 31.9 Å². The zero-order valence-corrected chi connectivity index (χ0v) is 8.54. The predicted octanol–water partition coefficient (Wildman–Crippen LogP) is 0.781. The highest BCUT2D eigenvalue weighted by atomic mass is 79.9. The minimum atomic E-state index is -3.28. The fourth-order valence-corrected chi connectivity index (χ4v) is 1.88. The minimum absolute atomic E-state index is 0.00810.